The lowest BCUT2D eigenvalue weighted by atomic mass is 9.99. The van der Waals surface area contributed by atoms with E-state index in [0.717, 1.165) is 5.56 Å². The Kier molecular flexibility index (Phi) is 4.18. The number of likely N-dealkylation sites (tertiary alicyclic amines) is 1. The average molecular weight is 297 g/mol. The van der Waals surface area contributed by atoms with Crippen molar-refractivity contribution in [2.75, 3.05) is 18.4 Å². The number of para-hydroxylation sites is 1. The van der Waals surface area contributed by atoms with Crippen LogP contribution in [-0.4, -0.2) is 35.1 Å². The summed E-state index contributed by atoms with van der Waals surface area (Å²) in [5.74, 6) is -1.42. The Morgan fingerprint density at radius 2 is 2.10 bits per heavy atom. The standard InChI is InChI=1S/C14H17ClN2O3/c1-8-4-3-5-11(15)12(8)16-14(20)17-6-9(2)10(7-17)13(18)19/h3-5,9-10H,6-7H2,1-2H3,(H,16,20)(H,18,19). The van der Waals surface area contributed by atoms with Crippen LogP contribution in [0.4, 0.5) is 10.5 Å². The zero-order valence-corrected chi connectivity index (χ0v) is 12.1. The SMILES string of the molecule is Cc1cccc(Cl)c1NC(=O)N1CC(C)C(C(=O)O)C1. The lowest BCUT2D eigenvalue weighted by Gasteiger charge is -2.18. The number of benzene rings is 1. The number of amides is 2. The first-order valence-electron chi connectivity index (χ1n) is 6.44. The van der Waals surface area contributed by atoms with Crippen molar-refractivity contribution >= 4 is 29.3 Å². The largest absolute Gasteiger partial charge is 0.481 e. The van der Waals surface area contributed by atoms with E-state index in [4.69, 9.17) is 16.7 Å². The Bertz CT molecular complexity index is 527. The van der Waals surface area contributed by atoms with E-state index in [9.17, 15) is 9.59 Å². The van der Waals surface area contributed by atoms with Crippen molar-refractivity contribution in [3.05, 3.63) is 28.8 Å². The van der Waals surface area contributed by atoms with Crippen molar-refractivity contribution in [1.82, 2.24) is 4.90 Å². The lowest BCUT2D eigenvalue weighted by molar-refractivity contribution is -0.142. The molecular formula is C14H17ClN2O3. The number of hydrogen-bond donors (Lipinski definition) is 2. The second kappa shape index (κ2) is 5.71. The van der Waals surface area contributed by atoms with Gasteiger partial charge in [0.1, 0.15) is 0 Å². The Balaban J connectivity index is 2.08. The van der Waals surface area contributed by atoms with E-state index >= 15 is 0 Å². The molecule has 0 radical (unpaired) electrons. The molecule has 2 unspecified atom stereocenters. The van der Waals surface area contributed by atoms with E-state index in [1.54, 1.807) is 6.07 Å². The molecule has 1 aromatic rings. The topological polar surface area (TPSA) is 69.6 Å². The number of rotatable bonds is 2. The minimum Gasteiger partial charge on any atom is -0.481 e. The van der Waals surface area contributed by atoms with Gasteiger partial charge >= 0.3 is 12.0 Å². The van der Waals surface area contributed by atoms with Crippen LogP contribution in [0, 0.1) is 18.8 Å². The number of carboxylic acids is 1. The summed E-state index contributed by atoms with van der Waals surface area (Å²) in [7, 11) is 0. The number of halogens is 1. The molecular weight excluding hydrogens is 280 g/mol. The molecule has 0 aliphatic carbocycles. The Morgan fingerprint density at radius 3 is 2.65 bits per heavy atom. The van der Waals surface area contributed by atoms with Crippen LogP contribution in [0.3, 0.4) is 0 Å². The van der Waals surface area contributed by atoms with Crippen molar-refractivity contribution in [2.24, 2.45) is 11.8 Å². The van der Waals surface area contributed by atoms with Gasteiger partial charge in [0.05, 0.1) is 16.6 Å². The zero-order valence-electron chi connectivity index (χ0n) is 11.4. The number of nitrogens with zero attached hydrogens (tertiary/aromatic N) is 1. The highest BCUT2D eigenvalue weighted by Crippen LogP contribution is 2.28. The molecule has 1 aliphatic rings. The van der Waals surface area contributed by atoms with Gasteiger partial charge in [0.15, 0.2) is 0 Å². The van der Waals surface area contributed by atoms with Crippen LogP contribution in [0.2, 0.25) is 5.02 Å². The highest BCUT2D eigenvalue weighted by molar-refractivity contribution is 6.33. The van der Waals surface area contributed by atoms with Gasteiger partial charge in [-0.05, 0) is 24.5 Å². The summed E-state index contributed by atoms with van der Waals surface area (Å²) in [5, 5.41) is 12.3. The predicted octanol–water partition coefficient (Wildman–Crippen LogP) is 2.83. The van der Waals surface area contributed by atoms with E-state index in [2.05, 4.69) is 5.32 Å². The molecule has 0 bridgehead atoms. The van der Waals surface area contributed by atoms with Crippen LogP contribution in [0.15, 0.2) is 18.2 Å². The molecule has 108 valence electrons. The summed E-state index contributed by atoms with van der Waals surface area (Å²) in [4.78, 5) is 24.8. The summed E-state index contributed by atoms with van der Waals surface area (Å²) in [6, 6.07) is 5.06. The van der Waals surface area contributed by atoms with Crippen molar-refractivity contribution in [3.63, 3.8) is 0 Å². The van der Waals surface area contributed by atoms with E-state index < -0.39 is 11.9 Å². The number of urea groups is 1. The molecule has 0 aromatic heterocycles. The molecule has 2 rings (SSSR count). The van der Waals surface area contributed by atoms with Gasteiger partial charge in [-0.3, -0.25) is 4.79 Å². The van der Waals surface area contributed by atoms with E-state index in [-0.39, 0.29) is 18.5 Å². The summed E-state index contributed by atoms with van der Waals surface area (Å²) in [6.07, 6.45) is 0. The van der Waals surface area contributed by atoms with Gasteiger partial charge < -0.3 is 15.3 Å². The van der Waals surface area contributed by atoms with Crippen LogP contribution < -0.4 is 5.32 Å². The van der Waals surface area contributed by atoms with Crippen LogP contribution >= 0.6 is 11.6 Å². The molecule has 1 saturated heterocycles. The molecule has 2 N–H and O–H groups in total. The molecule has 6 heteroatoms. The number of anilines is 1. The summed E-state index contributed by atoms with van der Waals surface area (Å²) in [6.45, 7) is 4.36. The molecule has 5 nitrogen and oxygen atoms in total. The molecule has 20 heavy (non-hydrogen) atoms. The van der Waals surface area contributed by atoms with E-state index in [1.807, 2.05) is 26.0 Å². The minimum absolute atomic E-state index is 0.0504. The first-order valence-corrected chi connectivity index (χ1v) is 6.81. The average Bonchev–Trinajstić information content (AvgIpc) is 2.76. The Hall–Kier alpha value is -1.75. The summed E-state index contributed by atoms with van der Waals surface area (Å²) < 4.78 is 0. The fourth-order valence-corrected chi connectivity index (χ4v) is 2.70. The fourth-order valence-electron chi connectivity index (χ4n) is 2.43. The third kappa shape index (κ3) is 2.88. The summed E-state index contributed by atoms with van der Waals surface area (Å²) >= 11 is 6.06. The number of aliphatic carboxylic acids is 1. The monoisotopic (exact) mass is 296 g/mol. The molecule has 1 heterocycles. The van der Waals surface area contributed by atoms with Crippen LogP contribution in [-0.2, 0) is 4.79 Å². The van der Waals surface area contributed by atoms with Gasteiger partial charge in [-0.1, -0.05) is 30.7 Å². The highest BCUT2D eigenvalue weighted by atomic mass is 35.5. The van der Waals surface area contributed by atoms with Crippen molar-refractivity contribution in [2.45, 2.75) is 13.8 Å². The molecule has 2 atom stereocenters. The number of carbonyl (C=O) groups is 2. The maximum Gasteiger partial charge on any atom is 0.321 e. The molecule has 1 fully saturated rings. The van der Waals surface area contributed by atoms with Gasteiger partial charge in [-0.25, -0.2) is 4.79 Å². The summed E-state index contributed by atoms with van der Waals surface area (Å²) in [5.41, 5.74) is 1.44. The van der Waals surface area contributed by atoms with Gasteiger partial charge in [0.2, 0.25) is 0 Å². The van der Waals surface area contributed by atoms with Crippen molar-refractivity contribution in [1.29, 1.82) is 0 Å². The molecule has 1 aliphatic heterocycles. The van der Waals surface area contributed by atoms with Crippen LogP contribution in [0.5, 0.6) is 0 Å². The van der Waals surface area contributed by atoms with E-state index in [0.29, 0.717) is 17.3 Å². The van der Waals surface area contributed by atoms with Crippen LogP contribution in [0.1, 0.15) is 12.5 Å². The van der Waals surface area contributed by atoms with Crippen molar-refractivity contribution in [3.8, 4) is 0 Å². The normalized spacial score (nSPS) is 21.9. The van der Waals surface area contributed by atoms with Gasteiger partial charge in [-0.15, -0.1) is 0 Å². The molecule has 0 spiro atoms. The third-order valence-corrected chi connectivity index (χ3v) is 3.99. The van der Waals surface area contributed by atoms with Gasteiger partial charge in [0.25, 0.3) is 0 Å². The Labute approximate surface area is 122 Å². The fraction of sp³-hybridized carbons (Fsp3) is 0.429. The van der Waals surface area contributed by atoms with E-state index in [1.165, 1.54) is 4.90 Å². The van der Waals surface area contributed by atoms with Gasteiger partial charge in [-0.2, -0.15) is 0 Å². The molecule has 2 amide bonds. The smallest absolute Gasteiger partial charge is 0.321 e. The zero-order chi connectivity index (χ0) is 14.9. The first kappa shape index (κ1) is 14.7. The first-order chi connectivity index (χ1) is 9.40. The second-order valence-electron chi connectivity index (χ2n) is 5.19. The quantitative estimate of drug-likeness (QED) is 0.881. The number of carboxylic acid groups (broad SMARTS) is 1. The second-order valence-corrected chi connectivity index (χ2v) is 5.60. The van der Waals surface area contributed by atoms with Crippen LogP contribution in [0.25, 0.3) is 0 Å². The number of aryl methyl sites for hydroxylation is 1. The number of nitrogens with one attached hydrogen (secondary N) is 1. The lowest BCUT2D eigenvalue weighted by Crippen LogP contribution is -2.34. The minimum atomic E-state index is -0.860. The maximum absolute atomic E-state index is 12.2. The Morgan fingerprint density at radius 1 is 1.40 bits per heavy atom. The highest BCUT2D eigenvalue weighted by Gasteiger charge is 2.37. The molecule has 0 saturated carbocycles. The maximum atomic E-state index is 12.2. The number of carbonyl (C=O) groups excluding carboxylic acids is 1. The van der Waals surface area contributed by atoms with Gasteiger partial charge in [0, 0.05) is 13.1 Å². The van der Waals surface area contributed by atoms with Crippen molar-refractivity contribution < 1.29 is 14.7 Å². The predicted molar refractivity (Wildman–Crippen MR) is 77.1 cm³/mol. The number of hydrogen-bond acceptors (Lipinski definition) is 2. The molecule has 1 aromatic carbocycles. The third-order valence-electron chi connectivity index (χ3n) is 3.67.